The first-order chi connectivity index (χ1) is 20.1. The van der Waals surface area contributed by atoms with Crippen LogP contribution in [0.1, 0.15) is 70.8 Å². The lowest BCUT2D eigenvalue weighted by molar-refractivity contribution is 0.190. The Morgan fingerprint density at radius 1 is 0.951 bits per heavy atom. The van der Waals surface area contributed by atoms with Crippen molar-refractivity contribution in [1.82, 2.24) is 14.8 Å². The molecule has 0 atom stereocenters. The smallest absolute Gasteiger partial charge is 0.185 e. The van der Waals surface area contributed by atoms with Crippen molar-refractivity contribution in [3.8, 4) is 17.0 Å². The quantitative estimate of drug-likeness (QED) is 0.164. The van der Waals surface area contributed by atoms with E-state index in [1.54, 1.807) is 11.3 Å². The first-order valence-corrected chi connectivity index (χ1v) is 17.0. The molecule has 0 radical (unpaired) electrons. The summed E-state index contributed by atoms with van der Waals surface area (Å²) in [5.41, 5.74) is 3.72. The van der Waals surface area contributed by atoms with Crippen molar-refractivity contribution in [3.63, 3.8) is 0 Å². The van der Waals surface area contributed by atoms with Crippen LogP contribution in [-0.2, 0) is 13.1 Å². The SMILES string of the molecule is CCCCN=c1scc(-c2ccc(OCCCCNC3CCN(Cc4ccc(Cl)c(Cl)c4)CC3)cc2)n1CCCC. The first kappa shape index (κ1) is 32.1. The Morgan fingerprint density at radius 2 is 1.73 bits per heavy atom. The van der Waals surface area contributed by atoms with Crippen LogP contribution in [0.3, 0.4) is 0 Å². The summed E-state index contributed by atoms with van der Waals surface area (Å²) in [6.45, 7) is 11.3. The first-order valence-electron chi connectivity index (χ1n) is 15.4. The van der Waals surface area contributed by atoms with Gasteiger partial charge in [0, 0.05) is 31.1 Å². The lowest BCUT2D eigenvalue weighted by Crippen LogP contribution is -2.42. The van der Waals surface area contributed by atoms with E-state index < -0.39 is 0 Å². The highest BCUT2D eigenvalue weighted by atomic mass is 35.5. The molecule has 1 N–H and O–H groups in total. The van der Waals surface area contributed by atoms with Crippen LogP contribution in [0.25, 0.3) is 11.3 Å². The Hall–Kier alpha value is -1.83. The lowest BCUT2D eigenvalue weighted by Gasteiger charge is -2.32. The molecule has 1 saturated heterocycles. The number of benzene rings is 2. The van der Waals surface area contributed by atoms with Crippen LogP contribution >= 0.6 is 34.5 Å². The largest absolute Gasteiger partial charge is 0.494 e. The summed E-state index contributed by atoms with van der Waals surface area (Å²) in [4.78, 5) is 8.52. The third-order valence-corrected chi connectivity index (χ3v) is 9.33. The van der Waals surface area contributed by atoms with Crippen molar-refractivity contribution >= 4 is 34.5 Å². The highest BCUT2D eigenvalue weighted by Gasteiger charge is 2.19. The van der Waals surface area contributed by atoms with Crippen LogP contribution in [0.4, 0.5) is 0 Å². The summed E-state index contributed by atoms with van der Waals surface area (Å²) in [6, 6.07) is 15.1. The standard InChI is InChI=1S/C33H46Cl2N4OS/c1-3-5-17-37-33-39(19-6-4-2)32(25-41-33)27-10-12-29(13-11-27)40-22-8-7-18-36-28-15-20-38(21-16-28)24-26-9-14-30(34)31(35)23-26/h9-14,23,25,28,36H,3-8,15-22,24H2,1-2H3. The summed E-state index contributed by atoms with van der Waals surface area (Å²) >= 11 is 14.0. The van der Waals surface area contributed by atoms with Gasteiger partial charge in [-0.15, -0.1) is 11.3 Å². The van der Waals surface area contributed by atoms with Crippen LogP contribution in [0.5, 0.6) is 5.75 Å². The topological polar surface area (TPSA) is 41.8 Å². The number of unbranched alkanes of at least 4 members (excludes halogenated alkanes) is 3. The van der Waals surface area contributed by atoms with Crippen LogP contribution < -0.4 is 14.9 Å². The normalized spacial score (nSPS) is 15.1. The zero-order valence-electron chi connectivity index (χ0n) is 24.7. The van der Waals surface area contributed by atoms with Crippen molar-refractivity contribution in [2.24, 2.45) is 4.99 Å². The highest BCUT2D eigenvalue weighted by molar-refractivity contribution is 7.07. The van der Waals surface area contributed by atoms with Gasteiger partial charge in [-0.25, -0.2) is 0 Å². The molecule has 8 heteroatoms. The van der Waals surface area contributed by atoms with E-state index in [2.05, 4.69) is 64.3 Å². The van der Waals surface area contributed by atoms with Gasteiger partial charge in [-0.1, -0.05) is 56.0 Å². The minimum Gasteiger partial charge on any atom is -0.494 e. The minimum absolute atomic E-state index is 0.602. The molecule has 0 unspecified atom stereocenters. The van der Waals surface area contributed by atoms with Gasteiger partial charge in [-0.3, -0.25) is 9.89 Å². The Balaban J connectivity index is 1.14. The van der Waals surface area contributed by atoms with E-state index in [9.17, 15) is 0 Å². The molecular formula is C33H46Cl2N4OS. The Kier molecular flexibility index (Phi) is 13.6. The number of hydrogen-bond acceptors (Lipinski definition) is 5. The van der Waals surface area contributed by atoms with Gasteiger partial charge < -0.3 is 14.6 Å². The molecule has 5 nitrogen and oxygen atoms in total. The maximum atomic E-state index is 6.18. The van der Waals surface area contributed by atoms with Gasteiger partial charge in [0.1, 0.15) is 5.75 Å². The Labute approximate surface area is 260 Å². The number of nitrogens with zero attached hydrogens (tertiary/aromatic N) is 3. The average molecular weight is 618 g/mol. The number of thiazole rings is 1. The molecular weight excluding hydrogens is 571 g/mol. The Bertz CT molecular complexity index is 1250. The van der Waals surface area contributed by atoms with Gasteiger partial charge in [0.2, 0.25) is 0 Å². The maximum absolute atomic E-state index is 6.18. The monoisotopic (exact) mass is 616 g/mol. The predicted molar refractivity (Wildman–Crippen MR) is 175 cm³/mol. The van der Waals surface area contributed by atoms with Crippen LogP contribution in [0.2, 0.25) is 10.0 Å². The second kappa shape index (κ2) is 17.3. The molecule has 2 heterocycles. The van der Waals surface area contributed by atoms with Gasteiger partial charge in [0.05, 0.1) is 22.3 Å². The molecule has 1 fully saturated rings. The Morgan fingerprint density at radius 3 is 2.46 bits per heavy atom. The molecule has 0 bridgehead atoms. The number of hydrogen-bond donors (Lipinski definition) is 1. The third-order valence-electron chi connectivity index (χ3n) is 7.69. The highest BCUT2D eigenvalue weighted by Crippen LogP contribution is 2.25. The van der Waals surface area contributed by atoms with E-state index in [-0.39, 0.29) is 0 Å². The predicted octanol–water partition coefficient (Wildman–Crippen LogP) is 8.44. The van der Waals surface area contributed by atoms with Gasteiger partial charge in [0.15, 0.2) is 4.80 Å². The fourth-order valence-electron chi connectivity index (χ4n) is 5.19. The molecule has 1 aliphatic rings. The molecule has 3 aromatic rings. The summed E-state index contributed by atoms with van der Waals surface area (Å²) in [7, 11) is 0. The molecule has 4 rings (SSSR count). The van der Waals surface area contributed by atoms with E-state index in [0.717, 1.165) is 75.7 Å². The van der Waals surface area contributed by atoms with Crippen molar-refractivity contribution in [1.29, 1.82) is 0 Å². The van der Waals surface area contributed by atoms with E-state index in [1.165, 1.54) is 48.9 Å². The summed E-state index contributed by atoms with van der Waals surface area (Å²) in [6.07, 6.45) is 9.21. The summed E-state index contributed by atoms with van der Waals surface area (Å²) < 4.78 is 8.46. The molecule has 1 aromatic heterocycles. The van der Waals surface area contributed by atoms with Gasteiger partial charge >= 0.3 is 0 Å². The van der Waals surface area contributed by atoms with Gasteiger partial charge in [-0.05, 0) is 106 Å². The number of likely N-dealkylation sites (tertiary alicyclic amines) is 1. The zero-order chi connectivity index (χ0) is 28.9. The molecule has 0 aliphatic carbocycles. The summed E-state index contributed by atoms with van der Waals surface area (Å²) in [5.74, 6) is 0.944. The molecule has 41 heavy (non-hydrogen) atoms. The minimum atomic E-state index is 0.602. The summed E-state index contributed by atoms with van der Waals surface area (Å²) in [5, 5.41) is 7.27. The van der Waals surface area contributed by atoms with Gasteiger partial charge in [0.25, 0.3) is 0 Å². The number of ether oxygens (including phenoxy) is 1. The lowest BCUT2D eigenvalue weighted by atomic mass is 10.0. The molecule has 224 valence electrons. The van der Waals surface area contributed by atoms with Crippen molar-refractivity contribution in [2.75, 3.05) is 32.8 Å². The molecule has 0 saturated carbocycles. The maximum Gasteiger partial charge on any atom is 0.185 e. The third kappa shape index (κ3) is 10.1. The number of halogens is 2. The molecule has 1 aliphatic heterocycles. The second-order valence-electron chi connectivity index (χ2n) is 11.0. The van der Waals surface area contributed by atoms with Crippen molar-refractivity contribution in [3.05, 3.63) is 68.3 Å². The fraction of sp³-hybridized carbons (Fsp3) is 0.545. The second-order valence-corrected chi connectivity index (χ2v) is 12.6. The van der Waals surface area contributed by atoms with E-state index in [1.807, 2.05) is 12.1 Å². The number of nitrogens with one attached hydrogen (secondary N) is 1. The van der Waals surface area contributed by atoms with Crippen LogP contribution in [0, 0.1) is 0 Å². The van der Waals surface area contributed by atoms with E-state index >= 15 is 0 Å². The van der Waals surface area contributed by atoms with Crippen molar-refractivity contribution in [2.45, 2.75) is 84.3 Å². The van der Waals surface area contributed by atoms with Crippen LogP contribution in [0.15, 0.2) is 52.8 Å². The van der Waals surface area contributed by atoms with E-state index in [4.69, 9.17) is 32.9 Å². The number of piperidine rings is 1. The number of aromatic nitrogens is 1. The van der Waals surface area contributed by atoms with Crippen LogP contribution in [-0.4, -0.2) is 48.3 Å². The molecule has 0 amide bonds. The zero-order valence-corrected chi connectivity index (χ0v) is 27.0. The fourth-order valence-corrected chi connectivity index (χ4v) is 6.47. The van der Waals surface area contributed by atoms with Crippen molar-refractivity contribution < 1.29 is 4.74 Å². The molecule has 0 spiro atoms. The van der Waals surface area contributed by atoms with E-state index in [0.29, 0.717) is 16.1 Å². The molecule has 2 aromatic carbocycles. The van der Waals surface area contributed by atoms with Gasteiger partial charge in [-0.2, -0.15) is 0 Å². The average Bonchev–Trinajstić information content (AvgIpc) is 3.39. The number of rotatable bonds is 16.